The predicted molar refractivity (Wildman–Crippen MR) is 38.6 cm³/mol. The van der Waals surface area contributed by atoms with Gasteiger partial charge in [0.15, 0.2) is 0 Å². The molecule has 0 saturated heterocycles. The monoisotopic (exact) mass is 144 g/mol. The molecule has 0 aromatic rings. The molecule has 4 heteroatoms. The maximum Gasteiger partial charge on any atom is 0.282 e. The average Bonchev–Trinajstić information content (AvgIpc) is 2.01. The van der Waals surface area contributed by atoms with E-state index in [9.17, 15) is 0 Å². The first-order chi connectivity index (χ1) is 4.74. The van der Waals surface area contributed by atoms with Crippen LogP contribution < -0.4 is 0 Å². The number of rotatable bonds is 5. The molecule has 0 saturated carbocycles. The van der Waals surface area contributed by atoms with Crippen LogP contribution in [0.15, 0.2) is 0 Å². The third-order valence-electron chi connectivity index (χ3n) is 1.81. The normalized spacial score (nSPS) is 11.9. The van der Waals surface area contributed by atoms with E-state index in [-0.39, 0.29) is 19.8 Å². The summed E-state index contributed by atoms with van der Waals surface area (Å²) in [6, 6.07) is 0. The Kier molecular flexibility index (Phi) is 4.69. The van der Waals surface area contributed by atoms with Gasteiger partial charge in [-0.05, 0) is 6.42 Å². The molecule has 0 bridgehead atoms. The van der Waals surface area contributed by atoms with Crippen molar-refractivity contribution >= 4 is 8.05 Å². The summed E-state index contributed by atoms with van der Waals surface area (Å²) in [5.74, 6) is 0. The number of hydrogen-bond donors (Lipinski definition) is 2. The highest BCUT2D eigenvalue weighted by Gasteiger charge is 2.25. The smallest absolute Gasteiger partial charge is 0.282 e. The lowest BCUT2D eigenvalue weighted by molar-refractivity contribution is 0.0138. The highest BCUT2D eigenvalue weighted by Crippen LogP contribution is 2.19. The highest BCUT2D eigenvalue weighted by molar-refractivity contribution is 5.97. The van der Waals surface area contributed by atoms with Crippen molar-refractivity contribution in [1.29, 1.82) is 0 Å². The quantitative estimate of drug-likeness (QED) is 0.510. The summed E-state index contributed by atoms with van der Waals surface area (Å²) in [5, 5.41) is 17.6. The minimum atomic E-state index is -0.561. The van der Waals surface area contributed by atoms with E-state index in [1.807, 2.05) is 6.92 Å². The van der Waals surface area contributed by atoms with Crippen molar-refractivity contribution in [2.75, 3.05) is 19.8 Å². The van der Waals surface area contributed by atoms with Gasteiger partial charge in [-0.3, -0.25) is 0 Å². The summed E-state index contributed by atoms with van der Waals surface area (Å²) in [6.07, 6.45) is 0.650. The average molecular weight is 144 g/mol. The molecule has 10 heavy (non-hydrogen) atoms. The van der Waals surface area contributed by atoms with Gasteiger partial charge in [-0.15, -0.1) is 0 Å². The largest absolute Gasteiger partial charge is 0.447 e. The van der Waals surface area contributed by atoms with Crippen LogP contribution in [0.25, 0.3) is 0 Å². The zero-order valence-corrected chi connectivity index (χ0v) is 6.21. The third kappa shape index (κ3) is 2.29. The van der Waals surface area contributed by atoms with E-state index >= 15 is 0 Å². The highest BCUT2D eigenvalue weighted by atomic mass is 16.4. The minimum absolute atomic E-state index is 0.100. The van der Waals surface area contributed by atoms with Gasteiger partial charge >= 0.3 is 0 Å². The molecule has 2 radical (unpaired) electrons. The first-order valence-electron chi connectivity index (χ1n) is 3.28. The molecule has 0 spiro atoms. The van der Waals surface area contributed by atoms with E-state index < -0.39 is 5.41 Å². The number of hydrogen-bond acceptors (Lipinski definition) is 3. The Hall–Kier alpha value is -0.0551. The summed E-state index contributed by atoms with van der Waals surface area (Å²) in [7, 11) is 4.82. The second kappa shape index (κ2) is 4.71. The first-order valence-corrected chi connectivity index (χ1v) is 3.28. The van der Waals surface area contributed by atoms with Crippen LogP contribution in [-0.4, -0.2) is 38.1 Å². The number of aliphatic hydroxyl groups is 2. The zero-order chi connectivity index (χ0) is 8.04. The van der Waals surface area contributed by atoms with Gasteiger partial charge < -0.3 is 14.9 Å². The van der Waals surface area contributed by atoms with E-state index in [1.54, 1.807) is 0 Å². The van der Waals surface area contributed by atoms with Crippen LogP contribution in [0.1, 0.15) is 13.3 Å². The fraction of sp³-hybridized carbons (Fsp3) is 1.00. The molecule has 0 heterocycles. The molecule has 0 aromatic heterocycles. The van der Waals surface area contributed by atoms with E-state index in [0.717, 1.165) is 0 Å². The Morgan fingerprint density at radius 1 is 1.40 bits per heavy atom. The maximum absolute atomic E-state index is 8.81. The van der Waals surface area contributed by atoms with E-state index in [0.29, 0.717) is 6.42 Å². The van der Waals surface area contributed by atoms with Crippen molar-refractivity contribution in [2.24, 2.45) is 5.41 Å². The number of aliphatic hydroxyl groups excluding tert-OH is 2. The van der Waals surface area contributed by atoms with Gasteiger partial charge in [-0.1, -0.05) is 6.92 Å². The summed E-state index contributed by atoms with van der Waals surface area (Å²) >= 11 is 0. The Bertz CT molecular complexity index is 74.8. The standard InChI is InChI=1S/C6H13BO3/c1-2-6(3-8,4-9)5-10-7/h8-9H,2-5H2,1H3. The molecule has 58 valence electrons. The van der Waals surface area contributed by atoms with Crippen LogP contribution in [0.5, 0.6) is 0 Å². The van der Waals surface area contributed by atoms with Crippen LogP contribution in [0.3, 0.4) is 0 Å². The lowest BCUT2D eigenvalue weighted by atomic mass is 9.88. The van der Waals surface area contributed by atoms with Crippen molar-refractivity contribution in [3.8, 4) is 0 Å². The zero-order valence-electron chi connectivity index (χ0n) is 6.21. The van der Waals surface area contributed by atoms with Gasteiger partial charge in [-0.2, -0.15) is 0 Å². The molecule has 0 aliphatic rings. The van der Waals surface area contributed by atoms with Crippen molar-refractivity contribution in [2.45, 2.75) is 13.3 Å². The van der Waals surface area contributed by atoms with Gasteiger partial charge in [-0.25, -0.2) is 0 Å². The Morgan fingerprint density at radius 2 is 1.90 bits per heavy atom. The Morgan fingerprint density at radius 3 is 2.00 bits per heavy atom. The van der Waals surface area contributed by atoms with Crippen molar-refractivity contribution < 1.29 is 14.9 Å². The molecule has 0 fully saturated rings. The van der Waals surface area contributed by atoms with Gasteiger partial charge in [0, 0.05) is 12.0 Å². The molecule has 0 aliphatic carbocycles. The van der Waals surface area contributed by atoms with Crippen LogP contribution in [-0.2, 0) is 4.65 Å². The molecule has 0 rings (SSSR count). The molecule has 0 aliphatic heterocycles. The molecule has 0 atom stereocenters. The summed E-state index contributed by atoms with van der Waals surface area (Å²) in [5.41, 5.74) is -0.561. The maximum atomic E-state index is 8.81. The van der Waals surface area contributed by atoms with Gasteiger partial charge in [0.05, 0.1) is 13.2 Å². The van der Waals surface area contributed by atoms with Crippen LogP contribution in [0.2, 0.25) is 0 Å². The lowest BCUT2D eigenvalue weighted by Crippen LogP contribution is -2.34. The second-order valence-electron chi connectivity index (χ2n) is 2.48. The molecule has 0 unspecified atom stereocenters. The minimum Gasteiger partial charge on any atom is -0.447 e. The van der Waals surface area contributed by atoms with E-state index in [4.69, 9.17) is 18.3 Å². The summed E-state index contributed by atoms with van der Waals surface area (Å²) in [4.78, 5) is 0. The van der Waals surface area contributed by atoms with Crippen molar-refractivity contribution in [3.63, 3.8) is 0 Å². The molecule has 0 amide bonds. The molecule has 3 nitrogen and oxygen atoms in total. The van der Waals surface area contributed by atoms with Gasteiger partial charge in [0.1, 0.15) is 0 Å². The molecular weight excluding hydrogens is 131 g/mol. The van der Waals surface area contributed by atoms with Crippen LogP contribution in [0.4, 0.5) is 0 Å². The molecule has 0 aromatic carbocycles. The van der Waals surface area contributed by atoms with Gasteiger partial charge in [0.2, 0.25) is 0 Å². The van der Waals surface area contributed by atoms with Crippen LogP contribution in [0, 0.1) is 5.41 Å². The summed E-state index contributed by atoms with van der Waals surface area (Å²) in [6.45, 7) is 1.86. The van der Waals surface area contributed by atoms with E-state index in [2.05, 4.69) is 4.65 Å². The lowest BCUT2D eigenvalue weighted by Gasteiger charge is -2.27. The molecular formula is C6H13BO3. The SMILES string of the molecule is [B]OCC(CC)(CO)CO. The third-order valence-corrected chi connectivity index (χ3v) is 1.81. The van der Waals surface area contributed by atoms with Crippen molar-refractivity contribution in [3.05, 3.63) is 0 Å². The van der Waals surface area contributed by atoms with Crippen molar-refractivity contribution in [1.82, 2.24) is 0 Å². The van der Waals surface area contributed by atoms with Gasteiger partial charge in [0.25, 0.3) is 8.05 Å². The predicted octanol–water partition coefficient (Wildman–Crippen LogP) is -0.532. The van der Waals surface area contributed by atoms with E-state index in [1.165, 1.54) is 0 Å². The fourth-order valence-electron chi connectivity index (χ4n) is 0.644. The summed E-state index contributed by atoms with van der Waals surface area (Å²) < 4.78 is 4.36. The fourth-order valence-corrected chi connectivity index (χ4v) is 0.644. The first kappa shape index (κ1) is 9.94. The second-order valence-corrected chi connectivity index (χ2v) is 2.48. The van der Waals surface area contributed by atoms with Crippen LogP contribution >= 0.6 is 0 Å². The molecule has 2 N–H and O–H groups in total. The Balaban J connectivity index is 3.87. The Labute approximate surface area is 62.5 Å². The topological polar surface area (TPSA) is 49.7 Å².